The molecule has 176 valence electrons. The maximum absolute atomic E-state index is 12.4. The Labute approximate surface area is 200 Å². The zero-order chi connectivity index (χ0) is 23.2. The molecule has 2 N–H and O–H groups in total. The highest BCUT2D eigenvalue weighted by atomic mass is 16.5. The minimum atomic E-state index is -0.0578. The predicted molar refractivity (Wildman–Crippen MR) is 134 cm³/mol. The lowest BCUT2D eigenvalue weighted by molar-refractivity contribution is 0.0946. The standard InChI is InChI=1S/C27H31N5O2/c33-26-21-8-6-20(7-9-21)24-12-14-29-27(31-24)30-23-10-11-25(32-15-3-1-4-16-32)22(18-23)19-34-17-5-2-13-28-26/h6-12,14,18H,1-5,13,15-17,19H2,(H,28,33)(H,29,30,31). The summed E-state index contributed by atoms with van der Waals surface area (Å²) in [7, 11) is 0. The predicted octanol–water partition coefficient (Wildman–Crippen LogP) is 4.92. The van der Waals surface area contributed by atoms with Gasteiger partial charge in [0.25, 0.3) is 5.91 Å². The van der Waals surface area contributed by atoms with Crippen molar-refractivity contribution in [1.82, 2.24) is 15.3 Å². The van der Waals surface area contributed by atoms with Gasteiger partial charge >= 0.3 is 0 Å². The van der Waals surface area contributed by atoms with Gasteiger partial charge in [0.2, 0.25) is 5.95 Å². The van der Waals surface area contributed by atoms with Gasteiger partial charge < -0.3 is 20.3 Å². The van der Waals surface area contributed by atoms with E-state index in [2.05, 4.69) is 38.7 Å². The third-order valence-corrected chi connectivity index (χ3v) is 6.39. The number of benzene rings is 2. The van der Waals surface area contributed by atoms with Gasteiger partial charge in [0.15, 0.2) is 0 Å². The molecule has 0 radical (unpaired) electrons. The number of amides is 1. The van der Waals surface area contributed by atoms with E-state index < -0.39 is 0 Å². The topological polar surface area (TPSA) is 79.4 Å². The molecule has 2 aromatic carbocycles. The molecule has 34 heavy (non-hydrogen) atoms. The number of nitrogens with one attached hydrogen (secondary N) is 2. The number of anilines is 3. The van der Waals surface area contributed by atoms with Gasteiger partial charge in [-0.15, -0.1) is 0 Å². The Morgan fingerprint density at radius 2 is 1.71 bits per heavy atom. The zero-order valence-electron chi connectivity index (χ0n) is 19.4. The molecule has 6 rings (SSSR count). The Morgan fingerprint density at radius 3 is 2.56 bits per heavy atom. The summed E-state index contributed by atoms with van der Waals surface area (Å²) in [6, 6.07) is 15.8. The number of hydrogen-bond acceptors (Lipinski definition) is 6. The maximum atomic E-state index is 12.4. The van der Waals surface area contributed by atoms with Gasteiger partial charge in [-0.05, 0) is 68.5 Å². The molecule has 1 saturated heterocycles. The molecular weight excluding hydrogens is 426 g/mol. The summed E-state index contributed by atoms with van der Waals surface area (Å²) in [5, 5.41) is 6.36. The number of aromatic nitrogens is 2. The molecular formula is C27H31N5O2. The van der Waals surface area contributed by atoms with Crippen LogP contribution in [0.1, 0.15) is 48.0 Å². The normalized spacial score (nSPS) is 17.2. The molecule has 0 saturated carbocycles. The number of piperidine rings is 1. The first-order valence-electron chi connectivity index (χ1n) is 12.2. The highest BCUT2D eigenvalue weighted by Crippen LogP contribution is 2.29. The molecule has 1 amide bonds. The van der Waals surface area contributed by atoms with Gasteiger partial charge in [-0.25, -0.2) is 9.97 Å². The molecule has 1 aromatic heterocycles. The number of fused-ring (bicyclic) bond motifs is 9. The second-order valence-electron chi connectivity index (χ2n) is 8.87. The number of carbonyl (C=O) groups excluding carboxylic acids is 1. The molecule has 0 unspecified atom stereocenters. The van der Waals surface area contributed by atoms with Gasteiger partial charge in [-0.2, -0.15) is 0 Å². The van der Waals surface area contributed by atoms with Gasteiger partial charge in [0.1, 0.15) is 0 Å². The van der Waals surface area contributed by atoms with Crippen LogP contribution in [0.15, 0.2) is 54.7 Å². The molecule has 0 aliphatic carbocycles. The Kier molecular flexibility index (Phi) is 7.00. The van der Waals surface area contributed by atoms with Crippen molar-refractivity contribution in [2.24, 2.45) is 0 Å². The number of nitrogens with zero attached hydrogens (tertiary/aromatic N) is 3. The van der Waals surface area contributed by atoms with Crippen LogP contribution in [0, 0.1) is 0 Å². The van der Waals surface area contributed by atoms with Gasteiger partial charge in [-0.1, -0.05) is 12.1 Å². The third-order valence-electron chi connectivity index (χ3n) is 6.39. The number of carbonyl (C=O) groups is 1. The number of hydrogen-bond donors (Lipinski definition) is 2. The lowest BCUT2D eigenvalue weighted by Gasteiger charge is -2.31. The van der Waals surface area contributed by atoms with E-state index in [0.29, 0.717) is 31.3 Å². The molecule has 3 aliphatic rings. The van der Waals surface area contributed by atoms with Crippen molar-refractivity contribution < 1.29 is 9.53 Å². The van der Waals surface area contributed by atoms with E-state index in [-0.39, 0.29) is 5.91 Å². The van der Waals surface area contributed by atoms with E-state index in [4.69, 9.17) is 9.72 Å². The van der Waals surface area contributed by atoms with E-state index in [1.54, 1.807) is 6.20 Å². The molecule has 1 fully saturated rings. The highest BCUT2D eigenvalue weighted by molar-refractivity contribution is 5.94. The van der Waals surface area contributed by atoms with Crippen molar-refractivity contribution >= 4 is 23.2 Å². The van der Waals surface area contributed by atoms with E-state index in [1.165, 1.54) is 30.5 Å². The van der Waals surface area contributed by atoms with Crippen molar-refractivity contribution in [1.29, 1.82) is 0 Å². The van der Waals surface area contributed by atoms with Crippen LogP contribution in [0.2, 0.25) is 0 Å². The summed E-state index contributed by atoms with van der Waals surface area (Å²) in [5.41, 5.74) is 5.75. The molecule has 7 nitrogen and oxygen atoms in total. The van der Waals surface area contributed by atoms with Crippen molar-refractivity contribution in [3.8, 4) is 11.3 Å². The quantitative estimate of drug-likeness (QED) is 0.540. The number of rotatable bonds is 1. The van der Waals surface area contributed by atoms with E-state index in [0.717, 1.165) is 42.9 Å². The first kappa shape index (κ1) is 22.3. The van der Waals surface area contributed by atoms with Crippen molar-refractivity contribution in [3.05, 3.63) is 65.9 Å². The average Bonchev–Trinajstić information content (AvgIpc) is 2.88. The number of ether oxygens (including phenoxy) is 1. The third kappa shape index (κ3) is 5.37. The summed E-state index contributed by atoms with van der Waals surface area (Å²) >= 11 is 0. The SMILES string of the molecule is O=C1NCCCCOCc2cc(ccc2N2CCCCC2)Nc2nccc(n2)-c2ccc1cc2. The van der Waals surface area contributed by atoms with E-state index in [1.807, 2.05) is 30.3 Å². The summed E-state index contributed by atoms with van der Waals surface area (Å²) in [6.07, 6.45) is 7.29. The van der Waals surface area contributed by atoms with Crippen LogP contribution in [-0.4, -0.2) is 42.1 Å². The molecule has 7 heteroatoms. The summed E-state index contributed by atoms with van der Waals surface area (Å²) in [5.74, 6) is 0.479. The van der Waals surface area contributed by atoms with Crippen LogP contribution in [0.3, 0.4) is 0 Å². The Hall–Kier alpha value is -3.45. The molecule has 3 aromatic rings. The fraction of sp³-hybridized carbons (Fsp3) is 0.370. The first-order valence-corrected chi connectivity index (χ1v) is 12.2. The smallest absolute Gasteiger partial charge is 0.251 e. The molecule has 4 heterocycles. The van der Waals surface area contributed by atoms with Gasteiger partial charge in [-0.3, -0.25) is 4.79 Å². The molecule has 0 spiro atoms. The summed E-state index contributed by atoms with van der Waals surface area (Å²) in [4.78, 5) is 24.0. The lowest BCUT2D eigenvalue weighted by Crippen LogP contribution is -2.30. The van der Waals surface area contributed by atoms with Crippen LogP contribution in [0.25, 0.3) is 11.3 Å². The summed E-state index contributed by atoms with van der Waals surface area (Å²) < 4.78 is 6.06. The highest BCUT2D eigenvalue weighted by Gasteiger charge is 2.16. The van der Waals surface area contributed by atoms with Crippen LogP contribution in [0.4, 0.5) is 17.3 Å². The van der Waals surface area contributed by atoms with Crippen molar-refractivity contribution in [3.63, 3.8) is 0 Å². The van der Waals surface area contributed by atoms with Gasteiger partial charge in [0.05, 0.1) is 12.3 Å². The largest absolute Gasteiger partial charge is 0.377 e. The first-order chi connectivity index (χ1) is 16.8. The maximum Gasteiger partial charge on any atom is 0.251 e. The molecule has 3 aliphatic heterocycles. The second-order valence-corrected chi connectivity index (χ2v) is 8.87. The van der Waals surface area contributed by atoms with Crippen LogP contribution in [0.5, 0.6) is 0 Å². The second kappa shape index (κ2) is 10.7. The van der Waals surface area contributed by atoms with Crippen LogP contribution < -0.4 is 15.5 Å². The lowest BCUT2D eigenvalue weighted by atomic mass is 10.1. The Morgan fingerprint density at radius 1 is 0.882 bits per heavy atom. The zero-order valence-corrected chi connectivity index (χ0v) is 19.4. The monoisotopic (exact) mass is 457 g/mol. The van der Waals surface area contributed by atoms with Crippen molar-refractivity contribution in [2.75, 3.05) is 36.5 Å². The van der Waals surface area contributed by atoms with Crippen LogP contribution >= 0.6 is 0 Å². The summed E-state index contributed by atoms with van der Waals surface area (Å²) in [6.45, 7) is 4.02. The van der Waals surface area contributed by atoms with Crippen molar-refractivity contribution in [2.45, 2.75) is 38.7 Å². The Bertz CT molecular complexity index is 1130. The average molecular weight is 458 g/mol. The molecule has 0 atom stereocenters. The fourth-order valence-corrected chi connectivity index (χ4v) is 4.54. The van der Waals surface area contributed by atoms with Crippen LogP contribution in [-0.2, 0) is 11.3 Å². The van der Waals surface area contributed by atoms with E-state index in [9.17, 15) is 4.79 Å². The van der Waals surface area contributed by atoms with Gasteiger partial charge in [0, 0.05) is 60.5 Å². The molecule has 6 bridgehead atoms. The Balaban J connectivity index is 1.45. The fourth-order valence-electron chi connectivity index (χ4n) is 4.54. The van der Waals surface area contributed by atoms with E-state index >= 15 is 0 Å². The minimum Gasteiger partial charge on any atom is -0.377 e. The minimum absolute atomic E-state index is 0.0578.